The second kappa shape index (κ2) is 7.21. The van der Waals surface area contributed by atoms with E-state index < -0.39 is 74.6 Å². The number of ether oxygens (including phenoxy) is 3. The fourth-order valence-corrected chi connectivity index (χ4v) is 2.63. The molecule has 23 heavy (non-hydrogen) atoms. The van der Waals surface area contributed by atoms with E-state index in [1.165, 1.54) is 0 Å². The summed E-state index contributed by atoms with van der Waals surface area (Å²) in [6.45, 7) is -2.32. The molecule has 0 aliphatic carbocycles. The highest BCUT2D eigenvalue weighted by atomic mass is 16.8. The summed E-state index contributed by atoms with van der Waals surface area (Å²) in [4.78, 5) is 0. The topological polar surface area (TPSA) is 190 Å². The Morgan fingerprint density at radius 1 is 0.826 bits per heavy atom. The second-order valence-corrected chi connectivity index (χ2v) is 5.56. The van der Waals surface area contributed by atoms with Crippen LogP contribution < -0.4 is 0 Å². The summed E-state index contributed by atoms with van der Waals surface area (Å²) in [5.41, 5.74) is 0. The Morgan fingerprint density at radius 2 is 1.43 bits per heavy atom. The standard InChI is InChI=1S/C12H22O11/c13-1-4-6(16)8(18)9(19)11(21-4)23-12(3-15)10(20)7(17)5(2-14)22-12/h4-11,13-20H,1-3H2/p+1/t4-,5-,6-,7-,8+,9-,10+,11-,12+/m1/s1. The molecule has 2 aliphatic heterocycles. The molecule has 0 spiro atoms. The molecule has 136 valence electrons. The quantitative estimate of drug-likeness (QED) is 0.238. The normalized spacial score (nSPS) is 51.1. The van der Waals surface area contributed by atoms with Crippen molar-refractivity contribution in [1.29, 1.82) is 0 Å². The van der Waals surface area contributed by atoms with Crippen LogP contribution in [0.25, 0.3) is 0 Å². The summed E-state index contributed by atoms with van der Waals surface area (Å²) in [5, 5.41) is 76.7. The number of hydrogen-bond donors (Lipinski definition) is 8. The van der Waals surface area contributed by atoms with Crippen molar-refractivity contribution in [2.24, 2.45) is 0 Å². The van der Waals surface area contributed by atoms with Gasteiger partial charge in [0.05, 0.1) is 13.2 Å². The first-order valence-corrected chi connectivity index (χ1v) is 7.05. The minimum atomic E-state index is -2.22. The zero-order chi connectivity index (χ0) is 17.4. The molecular weight excluding hydrogens is 320 g/mol. The van der Waals surface area contributed by atoms with Gasteiger partial charge in [0.25, 0.3) is 0 Å². The Morgan fingerprint density at radius 3 is 1.91 bits per heavy atom. The van der Waals surface area contributed by atoms with Gasteiger partial charge in [0.1, 0.15) is 49.3 Å². The average Bonchev–Trinajstić information content (AvgIpc) is 2.80. The summed E-state index contributed by atoms with van der Waals surface area (Å²) in [6, 6.07) is 0. The first-order chi connectivity index (χ1) is 10.8. The van der Waals surface area contributed by atoms with E-state index >= 15 is 0 Å². The van der Waals surface area contributed by atoms with Crippen molar-refractivity contribution >= 4 is 0 Å². The Bertz CT molecular complexity index is 399. The van der Waals surface area contributed by atoms with Crippen LogP contribution in [0.1, 0.15) is 1.43 Å². The number of hydrogen-bond acceptors (Lipinski definition) is 11. The molecule has 2 rings (SSSR count). The molecule has 9 atom stereocenters. The number of aliphatic hydroxyl groups excluding tert-OH is 8. The van der Waals surface area contributed by atoms with E-state index in [1.54, 1.807) is 0 Å². The molecular formula is C12H23O11+. The smallest absolute Gasteiger partial charge is 0.394 e. The maximum atomic E-state index is 10.00. The maximum Gasteiger partial charge on any atom is 1.00 e. The molecule has 0 aromatic heterocycles. The summed E-state index contributed by atoms with van der Waals surface area (Å²) < 4.78 is 15.4. The average molecular weight is 343 g/mol. The minimum Gasteiger partial charge on any atom is -0.394 e. The lowest BCUT2D eigenvalue weighted by atomic mass is 9.99. The zero-order valence-corrected chi connectivity index (χ0v) is 12.0. The molecule has 2 heterocycles. The summed E-state index contributed by atoms with van der Waals surface area (Å²) in [6.07, 6.45) is -12.7. The minimum absolute atomic E-state index is 0. The van der Waals surface area contributed by atoms with Crippen LogP contribution in [0.15, 0.2) is 0 Å². The van der Waals surface area contributed by atoms with Crippen molar-refractivity contribution in [2.75, 3.05) is 19.8 Å². The summed E-state index contributed by atoms with van der Waals surface area (Å²) in [5.74, 6) is -2.22. The maximum absolute atomic E-state index is 10.00. The third kappa shape index (κ3) is 3.23. The fourth-order valence-electron chi connectivity index (χ4n) is 2.63. The summed E-state index contributed by atoms with van der Waals surface area (Å²) in [7, 11) is 0. The van der Waals surface area contributed by atoms with Gasteiger partial charge < -0.3 is 55.1 Å². The van der Waals surface area contributed by atoms with Crippen molar-refractivity contribution in [3.63, 3.8) is 0 Å². The highest BCUT2D eigenvalue weighted by Crippen LogP contribution is 2.35. The first kappa shape index (κ1) is 18.9. The van der Waals surface area contributed by atoms with Crippen molar-refractivity contribution in [3.05, 3.63) is 0 Å². The van der Waals surface area contributed by atoms with Gasteiger partial charge in [-0.2, -0.15) is 0 Å². The van der Waals surface area contributed by atoms with Crippen LogP contribution in [0.2, 0.25) is 0 Å². The van der Waals surface area contributed by atoms with Crippen LogP contribution in [0.4, 0.5) is 0 Å². The van der Waals surface area contributed by atoms with Gasteiger partial charge in [-0.3, -0.25) is 0 Å². The predicted molar refractivity (Wildman–Crippen MR) is 69.8 cm³/mol. The van der Waals surface area contributed by atoms with E-state index in [4.69, 9.17) is 24.4 Å². The molecule has 2 saturated heterocycles. The van der Waals surface area contributed by atoms with Gasteiger partial charge >= 0.3 is 1.43 Å². The van der Waals surface area contributed by atoms with Gasteiger partial charge in [0, 0.05) is 0 Å². The van der Waals surface area contributed by atoms with E-state index in [0.29, 0.717) is 0 Å². The fraction of sp³-hybridized carbons (Fsp3) is 1.00. The van der Waals surface area contributed by atoms with Gasteiger partial charge in [-0.05, 0) is 0 Å². The van der Waals surface area contributed by atoms with Gasteiger partial charge in [0.2, 0.25) is 5.79 Å². The van der Waals surface area contributed by atoms with Crippen LogP contribution >= 0.6 is 0 Å². The van der Waals surface area contributed by atoms with Gasteiger partial charge in [0.15, 0.2) is 6.29 Å². The summed E-state index contributed by atoms with van der Waals surface area (Å²) >= 11 is 0. The molecule has 0 radical (unpaired) electrons. The lowest BCUT2D eigenvalue weighted by Crippen LogP contribution is -2.62. The van der Waals surface area contributed by atoms with Crippen LogP contribution in [0.5, 0.6) is 0 Å². The highest BCUT2D eigenvalue weighted by molar-refractivity contribution is 4.98. The molecule has 0 unspecified atom stereocenters. The van der Waals surface area contributed by atoms with Gasteiger partial charge in [-0.25, -0.2) is 0 Å². The van der Waals surface area contributed by atoms with Crippen LogP contribution in [0.3, 0.4) is 0 Å². The van der Waals surface area contributed by atoms with E-state index in [-0.39, 0.29) is 1.43 Å². The van der Waals surface area contributed by atoms with E-state index in [0.717, 1.165) is 0 Å². The molecule has 0 aromatic carbocycles. The zero-order valence-electron chi connectivity index (χ0n) is 13.0. The molecule has 2 fully saturated rings. The third-order valence-corrected chi connectivity index (χ3v) is 4.07. The van der Waals surface area contributed by atoms with Crippen molar-refractivity contribution < 1.29 is 56.5 Å². The second-order valence-electron chi connectivity index (χ2n) is 5.56. The molecule has 0 aromatic rings. The Balaban J connectivity index is 0.00000288. The third-order valence-electron chi connectivity index (χ3n) is 4.07. The van der Waals surface area contributed by atoms with E-state index in [2.05, 4.69) is 0 Å². The lowest BCUT2D eigenvalue weighted by Gasteiger charge is -2.43. The Hall–Kier alpha value is -0.440. The molecule has 0 saturated carbocycles. The molecule has 11 heteroatoms. The van der Waals surface area contributed by atoms with Crippen LogP contribution in [-0.2, 0) is 14.2 Å². The number of rotatable bonds is 5. The molecule has 0 amide bonds. The lowest BCUT2D eigenvalue weighted by molar-refractivity contribution is -0.383. The van der Waals surface area contributed by atoms with Crippen molar-refractivity contribution in [3.8, 4) is 0 Å². The van der Waals surface area contributed by atoms with E-state index in [1.807, 2.05) is 0 Å². The molecule has 2 aliphatic rings. The Labute approximate surface area is 132 Å². The van der Waals surface area contributed by atoms with Gasteiger partial charge in [-0.15, -0.1) is 0 Å². The van der Waals surface area contributed by atoms with Gasteiger partial charge in [-0.1, -0.05) is 0 Å². The molecule has 11 nitrogen and oxygen atoms in total. The SMILES string of the molecule is OC[C@H]1O[C@@](CO)(O[C@H]2O[C@H](CO)[C@@H](O)[C@H](O)[C@H]2O)[C@@H](O)[C@@H]1O.[H+]. The highest BCUT2D eigenvalue weighted by Gasteiger charge is 2.58. The largest absolute Gasteiger partial charge is 1.00 e. The first-order valence-electron chi connectivity index (χ1n) is 7.05. The molecule has 8 N–H and O–H groups in total. The van der Waals surface area contributed by atoms with Crippen LogP contribution in [0, 0.1) is 0 Å². The van der Waals surface area contributed by atoms with Crippen molar-refractivity contribution in [1.82, 2.24) is 0 Å². The predicted octanol–water partition coefficient (Wildman–Crippen LogP) is -5.28. The van der Waals surface area contributed by atoms with Crippen LogP contribution in [-0.4, -0.2) is 115 Å². The Kier molecular flexibility index (Phi) is 5.92. The van der Waals surface area contributed by atoms with Crippen molar-refractivity contribution in [2.45, 2.75) is 54.8 Å². The molecule has 0 bridgehead atoms. The monoisotopic (exact) mass is 343 g/mol. The number of aliphatic hydroxyl groups is 8. The van der Waals surface area contributed by atoms with E-state index in [9.17, 15) is 30.6 Å².